The van der Waals surface area contributed by atoms with Crippen LogP contribution in [0.3, 0.4) is 0 Å². The summed E-state index contributed by atoms with van der Waals surface area (Å²) in [6, 6.07) is 6.35. The minimum absolute atomic E-state index is 0.108. The predicted octanol–water partition coefficient (Wildman–Crippen LogP) is 1.60. The molecule has 0 spiro atoms. The molecule has 0 aliphatic carbocycles. The van der Waals surface area contributed by atoms with Gasteiger partial charge in [-0.05, 0) is 24.3 Å². The number of nitrogens with one attached hydrogen (secondary N) is 3. The average molecular weight is 474 g/mol. The summed E-state index contributed by atoms with van der Waals surface area (Å²) in [5, 5.41) is 19.0. The highest BCUT2D eigenvalue weighted by Gasteiger charge is 2.27. The Bertz CT molecular complexity index is 1100. The third-order valence-corrected chi connectivity index (χ3v) is 6.11. The van der Waals surface area contributed by atoms with Gasteiger partial charge < -0.3 is 15.4 Å². The maximum Gasteiger partial charge on any atom is 0.321 e. The SMILES string of the molecule is COc1ccc(-n2c(CC3CC(=O)NC(=O)N3)nnc2SCC(=O)Nc2nccs2)cc1. The number of ether oxygens (including phenoxy) is 1. The van der Waals surface area contributed by atoms with Gasteiger partial charge in [0.05, 0.1) is 12.9 Å². The van der Waals surface area contributed by atoms with Gasteiger partial charge in [0.25, 0.3) is 0 Å². The van der Waals surface area contributed by atoms with Crippen molar-refractivity contribution in [1.82, 2.24) is 30.4 Å². The predicted molar refractivity (Wildman–Crippen MR) is 118 cm³/mol. The Morgan fingerprint density at radius 2 is 2.12 bits per heavy atom. The molecule has 1 aliphatic heterocycles. The standard InChI is InChI=1S/C19H19N7O4S2/c1-30-13-4-2-12(3-5-13)26-14(8-11-9-15(27)22-17(29)21-11)24-25-19(26)32-10-16(28)23-18-20-6-7-31-18/h2-7,11H,8-10H2,1H3,(H,20,23,28)(H2,21,22,27,29). The number of imide groups is 1. The minimum atomic E-state index is -0.532. The molecule has 3 aromatic rings. The lowest BCUT2D eigenvalue weighted by molar-refractivity contribution is -0.121. The number of carbonyl (C=O) groups excluding carboxylic acids is 3. The van der Waals surface area contributed by atoms with Gasteiger partial charge in [0.15, 0.2) is 10.3 Å². The number of nitrogens with zero attached hydrogens (tertiary/aromatic N) is 4. The number of benzene rings is 1. The van der Waals surface area contributed by atoms with Crippen molar-refractivity contribution in [2.24, 2.45) is 0 Å². The molecule has 0 radical (unpaired) electrons. The molecule has 1 saturated heterocycles. The quantitative estimate of drug-likeness (QED) is 0.419. The zero-order valence-corrected chi connectivity index (χ0v) is 18.5. The maximum absolute atomic E-state index is 12.3. The molecule has 2 aromatic heterocycles. The molecule has 32 heavy (non-hydrogen) atoms. The van der Waals surface area contributed by atoms with E-state index in [1.807, 2.05) is 12.1 Å². The topological polar surface area (TPSA) is 140 Å². The van der Waals surface area contributed by atoms with Crippen LogP contribution in [0.1, 0.15) is 12.2 Å². The summed E-state index contributed by atoms with van der Waals surface area (Å²) in [6.07, 6.45) is 2.05. The summed E-state index contributed by atoms with van der Waals surface area (Å²) >= 11 is 2.56. The average Bonchev–Trinajstić information content (AvgIpc) is 3.41. The van der Waals surface area contributed by atoms with Crippen LogP contribution in [0.25, 0.3) is 5.69 Å². The van der Waals surface area contributed by atoms with Gasteiger partial charge in [-0.2, -0.15) is 0 Å². The van der Waals surface area contributed by atoms with Crippen molar-refractivity contribution in [2.75, 3.05) is 18.2 Å². The number of thioether (sulfide) groups is 1. The van der Waals surface area contributed by atoms with Gasteiger partial charge in [-0.1, -0.05) is 11.8 Å². The van der Waals surface area contributed by atoms with Crippen molar-refractivity contribution in [3.63, 3.8) is 0 Å². The molecule has 4 rings (SSSR count). The van der Waals surface area contributed by atoms with Crippen molar-refractivity contribution < 1.29 is 19.1 Å². The van der Waals surface area contributed by atoms with Crippen molar-refractivity contribution in [3.8, 4) is 11.4 Å². The number of methoxy groups -OCH3 is 1. The van der Waals surface area contributed by atoms with E-state index in [1.165, 1.54) is 23.1 Å². The third kappa shape index (κ3) is 5.23. The Morgan fingerprint density at radius 1 is 1.31 bits per heavy atom. The van der Waals surface area contributed by atoms with Gasteiger partial charge in [0.1, 0.15) is 11.6 Å². The smallest absolute Gasteiger partial charge is 0.321 e. The van der Waals surface area contributed by atoms with Crippen LogP contribution >= 0.6 is 23.1 Å². The highest BCUT2D eigenvalue weighted by Crippen LogP contribution is 2.25. The van der Waals surface area contributed by atoms with E-state index in [0.29, 0.717) is 28.3 Å². The summed E-state index contributed by atoms with van der Waals surface area (Å²) < 4.78 is 7.03. The van der Waals surface area contributed by atoms with Crippen molar-refractivity contribution in [3.05, 3.63) is 41.7 Å². The van der Waals surface area contributed by atoms with Gasteiger partial charge in [0.2, 0.25) is 11.8 Å². The summed E-state index contributed by atoms with van der Waals surface area (Å²) in [7, 11) is 1.58. The number of hydrogen-bond acceptors (Lipinski definition) is 9. The first-order chi connectivity index (χ1) is 15.5. The van der Waals surface area contributed by atoms with Crippen LogP contribution in [0.15, 0.2) is 41.0 Å². The van der Waals surface area contributed by atoms with E-state index in [9.17, 15) is 14.4 Å². The Balaban J connectivity index is 1.55. The van der Waals surface area contributed by atoms with E-state index in [1.54, 1.807) is 35.4 Å². The lowest BCUT2D eigenvalue weighted by Crippen LogP contribution is -2.53. The lowest BCUT2D eigenvalue weighted by Gasteiger charge is -2.23. The molecule has 13 heteroatoms. The molecule has 1 atom stereocenters. The second-order valence-corrected chi connectivity index (χ2v) is 8.57. The normalized spacial score (nSPS) is 15.7. The molecule has 1 unspecified atom stereocenters. The van der Waals surface area contributed by atoms with Gasteiger partial charge >= 0.3 is 6.03 Å². The molecule has 1 fully saturated rings. The highest BCUT2D eigenvalue weighted by atomic mass is 32.2. The van der Waals surface area contributed by atoms with Crippen LogP contribution in [0.5, 0.6) is 5.75 Å². The summed E-state index contributed by atoms with van der Waals surface area (Å²) in [5.74, 6) is 0.792. The third-order valence-electron chi connectivity index (χ3n) is 4.49. The number of thiazole rings is 1. The van der Waals surface area contributed by atoms with Gasteiger partial charge in [-0.15, -0.1) is 21.5 Å². The van der Waals surface area contributed by atoms with Crippen LogP contribution in [-0.2, 0) is 16.0 Å². The lowest BCUT2D eigenvalue weighted by atomic mass is 10.1. The van der Waals surface area contributed by atoms with E-state index < -0.39 is 12.1 Å². The first-order valence-electron chi connectivity index (χ1n) is 9.53. The minimum Gasteiger partial charge on any atom is -0.497 e. The Morgan fingerprint density at radius 3 is 2.81 bits per heavy atom. The maximum atomic E-state index is 12.3. The first kappa shape index (κ1) is 21.8. The van der Waals surface area contributed by atoms with Crippen molar-refractivity contribution in [2.45, 2.75) is 24.0 Å². The van der Waals surface area contributed by atoms with E-state index in [-0.39, 0.29) is 24.0 Å². The van der Waals surface area contributed by atoms with Crippen LogP contribution < -0.4 is 20.7 Å². The van der Waals surface area contributed by atoms with Crippen molar-refractivity contribution in [1.29, 1.82) is 0 Å². The number of anilines is 1. The summed E-state index contributed by atoms with van der Waals surface area (Å²) in [6.45, 7) is 0. The van der Waals surface area contributed by atoms with E-state index in [2.05, 4.69) is 31.1 Å². The largest absolute Gasteiger partial charge is 0.497 e. The molecule has 0 bridgehead atoms. The number of amides is 4. The number of urea groups is 1. The van der Waals surface area contributed by atoms with E-state index in [4.69, 9.17) is 4.74 Å². The van der Waals surface area contributed by atoms with Crippen LogP contribution in [-0.4, -0.2) is 56.5 Å². The van der Waals surface area contributed by atoms with Crippen LogP contribution in [0.2, 0.25) is 0 Å². The number of carbonyl (C=O) groups is 3. The van der Waals surface area contributed by atoms with Gasteiger partial charge in [0, 0.05) is 36.1 Å². The van der Waals surface area contributed by atoms with E-state index >= 15 is 0 Å². The highest BCUT2D eigenvalue weighted by molar-refractivity contribution is 7.99. The fourth-order valence-electron chi connectivity index (χ4n) is 3.10. The van der Waals surface area contributed by atoms with Crippen LogP contribution in [0.4, 0.5) is 9.93 Å². The fraction of sp³-hybridized carbons (Fsp3) is 0.263. The number of rotatable bonds is 8. The molecular formula is C19H19N7O4S2. The fourth-order valence-corrected chi connectivity index (χ4v) is 4.42. The number of hydrogen-bond donors (Lipinski definition) is 3. The first-order valence-corrected chi connectivity index (χ1v) is 11.4. The van der Waals surface area contributed by atoms with Gasteiger partial charge in [-0.3, -0.25) is 19.5 Å². The molecule has 1 aliphatic rings. The van der Waals surface area contributed by atoms with Crippen LogP contribution in [0, 0.1) is 0 Å². The Hall–Kier alpha value is -3.45. The molecular weight excluding hydrogens is 454 g/mol. The zero-order valence-electron chi connectivity index (χ0n) is 16.9. The van der Waals surface area contributed by atoms with Crippen molar-refractivity contribution >= 4 is 46.1 Å². The molecule has 1 aromatic carbocycles. The van der Waals surface area contributed by atoms with E-state index in [0.717, 1.165) is 5.69 Å². The zero-order chi connectivity index (χ0) is 22.5. The Kier molecular flexibility index (Phi) is 6.66. The van der Waals surface area contributed by atoms with Gasteiger partial charge in [-0.25, -0.2) is 9.78 Å². The summed E-state index contributed by atoms with van der Waals surface area (Å²) in [5.41, 5.74) is 0.764. The molecule has 11 nitrogen and oxygen atoms in total. The second-order valence-electron chi connectivity index (χ2n) is 6.73. The molecule has 3 N–H and O–H groups in total. The molecule has 0 saturated carbocycles. The monoisotopic (exact) mass is 473 g/mol. The molecule has 3 heterocycles. The molecule has 4 amide bonds. The number of aromatic nitrogens is 4. The summed E-state index contributed by atoms with van der Waals surface area (Å²) in [4.78, 5) is 39.7. The molecule has 166 valence electrons. The Labute approximate surface area is 191 Å². The second kappa shape index (κ2) is 9.78.